The monoisotopic (exact) mass is 238 g/mol. The molecular weight excluding hydrogens is 216 g/mol. The lowest BCUT2D eigenvalue weighted by Crippen LogP contribution is -2.34. The first-order valence-corrected chi connectivity index (χ1v) is 6.69. The van der Waals surface area contributed by atoms with E-state index in [1.165, 1.54) is 24.8 Å². The molecule has 1 aliphatic heterocycles. The van der Waals surface area contributed by atoms with Crippen LogP contribution in [0.2, 0.25) is 0 Å². The first-order valence-electron chi connectivity index (χ1n) is 6.69. The van der Waals surface area contributed by atoms with E-state index in [0.29, 0.717) is 13.2 Å². The van der Waals surface area contributed by atoms with Crippen molar-refractivity contribution in [3.05, 3.63) is 23.5 Å². The topological polar surface area (TPSA) is 27.7 Å². The first kappa shape index (κ1) is 12.7. The van der Waals surface area contributed by atoms with Crippen molar-refractivity contribution in [2.24, 2.45) is 0 Å². The molecule has 0 N–H and O–H groups in total. The highest BCUT2D eigenvalue weighted by molar-refractivity contribution is 5.33. The van der Waals surface area contributed by atoms with Gasteiger partial charge in [-0.15, -0.1) is 0 Å². The molecule has 0 saturated heterocycles. The molecule has 96 valence electrons. The van der Waals surface area contributed by atoms with E-state index in [0.717, 1.165) is 18.6 Å². The Morgan fingerprint density at radius 3 is 2.65 bits per heavy atom. The van der Waals surface area contributed by atoms with Gasteiger partial charge in [0.2, 0.25) is 0 Å². The van der Waals surface area contributed by atoms with Crippen LogP contribution in [0.4, 0.5) is 0 Å². The maximum Gasteiger partial charge on any atom is 0.349 e. The van der Waals surface area contributed by atoms with E-state index in [1.807, 2.05) is 19.9 Å². The molecule has 3 nitrogen and oxygen atoms in total. The number of hydrogen-bond donors (Lipinski definition) is 0. The highest BCUT2D eigenvalue weighted by atomic mass is 16.9. The predicted octanol–water partition coefficient (Wildman–Crippen LogP) is 3.52. The fraction of sp³-hybridized carbons (Fsp3) is 0.714. The van der Waals surface area contributed by atoms with Gasteiger partial charge in [-0.3, -0.25) is 0 Å². The van der Waals surface area contributed by atoms with Crippen LogP contribution in [0.1, 0.15) is 46.0 Å². The molecule has 0 aromatic heterocycles. The van der Waals surface area contributed by atoms with Crippen LogP contribution in [-0.4, -0.2) is 19.2 Å². The van der Waals surface area contributed by atoms with Crippen molar-refractivity contribution in [1.29, 1.82) is 0 Å². The second-order valence-electron chi connectivity index (χ2n) is 4.41. The average molecular weight is 238 g/mol. The Bertz CT molecular complexity index is 311. The molecule has 2 rings (SSSR count). The van der Waals surface area contributed by atoms with Gasteiger partial charge < -0.3 is 14.2 Å². The van der Waals surface area contributed by atoms with Crippen LogP contribution in [0.15, 0.2) is 23.5 Å². The summed E-state index contributed by atoms with van der Waals surface area (Å²) in [4.78, 5) is 0. The molecule has 2 aliphatic rings. The van der Waals surface area contributed by atoms with Gasteiger partial charge in [-0.05, 0) is 51.2 Å². The Balaban J connectivity index is 2.19. The lowest BCUT2D eigenvalue weighted by Gasteiger charge is -2.26. The summed E-state index contributed by atoms with van der Waals surface area (Å²) in [7, 11) is 0. The van der Waals surface area contributed by atoms with E-state index in [2.05, 4.69) is 6.08 Å². The van der Waals surface area contributed by atoms with Gasteiger partial charge in [0.25, 0.3) is 0 Å². The molecule has 0 radical (unpaired) electrons. The van der Waals surface area contributed by atoms with Gasteiger partial charge in [0, 0.05) is 6.08 Å². The second kappa shape index (κ2) is 5.69. The Morgan fingerprint density at radius 1 is 1.18 bits per heavy atom. The van der Waals surface area contributed by atoms with Crippen LogP contribution >= 0.6 is 0 Å². The maximum atomic E-state index is 5.89. The highest BCUT2D eigenvalue weighted by Gasteiger charge is 2.39. The largest absolute Gasteiger partial charge is 0.436 e. The highest BCUT2D eigenvalue weighted by Crippen LogP contribution is 2.37. The number of allylic oxidation sites excluding steroid dienone is 2. The van der Waals surface area contributed by atoms with Gasteiger partial charge >= 0.3 is 5.97 Å². The third kappa shape index (κ3) is 2.90. The van der Waals surface area contributed by atoms with Crippen molar-refractivity contribution in [1.82, 2.24) is 0 Å². The number of hydrogen-bond acceptors (Lipinski definition) is 3. The van der Waals surface area contributed by atoms with Crippen LogP contribution in [0, 0.1) is 0 Å². The average Bonchev–Trinajstić information content (AvgIpc) is 2.58. The minimum absolute atomic E-state index is 0.580. The standard InChI is InChI=1S/C14H22O3/c1-3-15-14(16-4-2)11-12-9-7-5-6-8-10-13(12)17-14/h10-11H,3-9H2,1-2H3/b13-10+. The Kier molecular flexibility index (Phi) is 4.24. The number of rotatable bonds is 4. The lowest BCUT2D eigenvalue weighted by molar-refractivity contribution is -0.324. The molecule has 0 fully saturated rings. The summed E-state index contributed by atoms with van der Waals surface area (Å²) in [5, 5.41) is 0. The van der Waals surface area contributed by atoms with E-state index in [-0.39, 0.29) is 0 Å². The van der Waals surface area contributed by atoms with E-state index in [4.69, 9.17) is 14.2 Å². The van der Waals surface area contributed by atoms with Gasteiger partial charge in [0.05, 0.1) is 13.2 Å². The van der Waals surface area contributed by atoms with Crippen LogP contribution in [0.3, 0.4) is 0 Å². The molecule has 0 aromatic carbocycles. The predicted molar refractivity (Wildman–Crippen MR) is 66.3 cm³/mol. The van der Waals surface area contributed by atoms with E-state index in [1.54, 1.807) is 0 Å². The van der Waals surface area contributed by atoms with Crippen molar-refractivity contribution in [2.75, 3.05) is 13.2 Å². The summed E-state index contributed by atoms with van der Waals surface area (Å²) in [6.45, 7) is 5.07. The van der Waals surface area contributed by atoms with Gasteiger partial charge in [0.15, 0.2) is 0 Å². The molecule has 1 aliphatic carbocycles. The zero-order valence-electron chi connectivity index (χ0n) is 10.8. The molecular formula is C14H22O3. The minimum Gasteiger partial charge on any atom is -0.436 e. The molecule has 0 saturated carbocycles. The van der Waals surface area contributed by atoms with Gasteiger partial charge in [-0.2, -0.15) is 0 Å². The summed E-state index contributed by atoms with van der Waals surface area (Å²) >= 11 is 0. The van der Waals surface area contributed by atoms with Crippen LogP contribution in [0.5, 0.6) is 0 Å². The van der Waals surface area contributed by atoms with Crippen LogP contribution < -0.4 is 0 Å². The molecule has 0 aromatic rings. The summed E-state index contributed by atoms with van der Waals surface area (Å²) in [6, 6.07) is 0. The van der Waals surface area contributed by atoms with Crippen molar-refractivity contribution in [3.8, 4) is 0 Å². The van der Waals surface area contributed by atoms with Gasteiger partial charge in [-0.25, -0.2) is 0 Å². The molecule has 0 amide bonds. The fourth-order valence-electron chi connectivity index (χ4n) is 2.36. The molecule has 0 unspecified atom stereocenters. The minimum atomic E-state index is -0.963. The van der Waals surface area contributed by atoms with Crippen molar-refractivity contribution in [3.63, 3.8) is 0 Å². The van der Waals surface area contributed by atoms with Gasteiger partial charge in [0.1, 0.15) is 5.76 Å². The van der Waals surface area contributed by atoms with Crippen molar-refractivity contribution < 1.29 is 14.2 Å². The van der Waals surface area contributed by atoms with Crippen molar-refractivity contribution in [2.45, 2.75) is 51.9 Å². The Morgan fingerprint density at radius 2 is 1.94 bits per heavy atom. The lowest BCUT2D eigenvalue weighted by atomic mass is 10.0. The second-order valence-corrected chi connectivity index (χ2v) is 4.41. The van der Waals surface area contributed by atoms with Crippen LogP contribution in [-0.2, 0) is 14.2 Å². The van der Waals surface area contributed by atoms with E-state index in [9.17, 15) is 0 Å². The summed E-state index contributed by atoms with van der Waals surface area (Å²) < 4.78 is 17.2. The normalized spacial score (nSPS) is 26.0. The zero-order chi connectivity index (χ0) is 12.1. The Hall–Kier alpha value is -0.800. The molecule has 0 bridgehead atoms. The van der Waals surface area contributed by atoms with Crippen LogP contribution in [0.25, 0.3) is 0 Å². The Labute approximate surface area is 103 Å². The number of fused-ring (bicyclic) bond motifs is 1. The molecule has 0 spiro atoms. The number of ether oxygens (including phenoxy) is 3. The summed E-state index contributed by atoms with van der Waals surface area (Å²) in [5.74, 6) is 0.00116. The molecule has 0 atom stereocenters. The molecule has 17 heavy (non-hydrogen) atoms. The molecule has 3 heteroatoms. The van der Waals surface area contributed by atoms with E-state index >= 15 is 0 Å². The summed E-state index contributed by atoms with van der Waals surface area (Å²) in [5.41, 5.74) is 1.24. The quantitative estimate of drug-likeness (QED) is 0.701. The van der Waals surface area contributed by atoms with Gasteiger partial charge in [-0.1, -0.05) is 6.42 Å². The molecule has 1 heterocycles. The summed E-state index contributed by atoms with van der Waals surface area (Å²) in [6.07, 6.45) is 10.1. The van der Waals surface area contributed by atoms with Crippen molar-refractivity contribution >= 4 is 0 Å². The third-order valence-electron chi connectivity index (χ3n) is 3.09. The maximum absolute atomic E-state index is 5.89. The fourth-order valence-corrected chi connectivity index (χ4v) is 2.36. The third-order valence-corrected chi connectivity index (χ3v) is 3.09. The zero-order valence-corrected chi connectivity index (χ0v) is 10.8. The SMILES string of the molecule is CCOC1(OCC)C=C2CCCCC/C=C\2O1. The smallest absolute Gasteiger partial charge is 0.349 e. The first-order chi connectivity index (χ1) is 8.29. The van der Waals surface area contributed by atoms with E-state index < -0.39 is 5.97 Å².